The fourth-order valence-corrected chi connectivity index (χ4v) is 6.96. The minimum Gasteiger partial charge on any atom is -0.481 e. The third-order valence-electron chi connectivity index (χ3n) is 7.77. The van der Waals surface area contributed by atoms with Crippen molar-refractivity contribution in [1.82, 2.24) is 0 Å². The van der Waals surface area contributed by atoms with Crippen molar-refractivity contribution in [1.29, 1.82) is 0 Å². The first-order chi connectivity index (χ1) is 17.8. The summed E-state index contributed by atoms with van der Waals surface area (Å²) in [6.45, 7) is 18.1. The Labute approximate surface area is 238 Å². The van der Waals surface area contributed by atoms with Gasteiger partial charge >= 0.3 is 11.9 Å². The highest BCUT2D eigenvalue weighted by atomic mass is 32.2. The number of unbranched alkanes of at least 4 members (excludes halogenated alkanes) is 3. The van der Waals surface area contributed by atoms with Crippen molar-refractivity contribution in [2.24, 2.45) is 11.8 Å². The number of carbonyl (C=O) groups is 2. The molecule has 0 aromatic carbocycles. The molecular weight excluding hydrogens is 512 g/mol. The van der Waals surface area contributed by atoms with Crippen LogP contribution in [0.5, 0.6) is 0 Å². The number of rotatable bonds is 19. The summed E-state index contributed by atoms with van der Waals surface area (Å²) in [4.78, 5) is 24.3. The smallest absolute Gasteiger partial charge is 0.310 e. The summed E-state index contributed by atoms with van der Waals surface area (Å²) < 4.78 is 12.7. The maximum absolute atomic E-state index is 12.3. The maximum Gasteiger partial charge on any atom is 0.310 e. The topological polar surface area (TPSA) is 72.8 Å². The van der Waals surface area contributed by atoms with Crippen molar-refractivity contribution in [3.8, 4) is 0 Å². The highest BCUT2D eigenvalue weighted by molar-refractivity contribution is 8.03. The second kappa shape index (κ2) is 17.6. The van der Waals surface area contributed by atoms with Crippen LogP contribution >= 0.6 is 11.8 Å². The fraction of sp³-hybridized carbons (Fsp3) is 0.806. The largest absolute Gasteiger partial charge is 0.481 e. The van der Waals surface area contributed by atoms with Crippen LogP contribution in [0.3, 0.4) is 0 Å². The summed E-state index contributed by atoms with van der Waals surface area (Å²) in [7, 11) is -1.93. The van der Waals surface area contributed by atoms with Gasteiger partial charge < -0.3 is 14.3 Å². The number of carbonyl (C=O) groups excluding carboxylic acids is 1. The van der Waals surface area contributed by atoms with E-state index in [0.29, 0.717) is 18.8 Å². The molecule has 0 saturated carbocycles. The van der Waals surface area contributed by atoms with Crippen LogP contribution in [0.4, 0.5) is 0 Å². The van der Waals surface area contributed by atoms with Gasteiger partial charge in [0.15, 0.2) is 8.32 Å². The van der Waals surface area contributed by atoms with E-state index in [0.717, 1.165) is 50.0 Å². The van der Waals surface area contributed by atoms with Gasteiger partial charge in [-0.1, -0.05) is 79.4 Å². The third kappa shape index (κ3) is 13.3. The molecule has 0 saturated heterocycles. The van der Waals surface area contributed by atoms with Gasteiger partial charge in [0.1, 0.15) is 5.76 Å². The van der Waals surface area contributed by atoms with Crippen molar-refractivity contribution < 1.29 is 23.9 Å². The Morgan fingerprint density at radius 1 is 1.11 bits per heavy atom. The number of carboxylic acid groups (broad SMARTS) is 1. The first kappa shape index (κ1) is 35.0. The molecule has 220 valence electrons. The minimum atomic E-state index is -1.93. The summed E-state index contributed by atoms with van der Waals surface area (Å²) >= 11 is 1.78. The quantitative estimate of drug-likeness (QED) is 0.0724. The Bertz CT molecular complexity index is 784. The molecule has 3 atom stereocenters. The summed E-state index contributed by atoms with van der Waals surface area (Å²) in [6, 6.07) is 0. The van der Waals surface area contributed by atoms with E-state index in [9.17, 15) is 9.59 Å². The van der Waals surface area contributed by atoms with Crippen LogP contribution in [0.15, 0.2) is 22.8 Å². The van der Waals surface area contributed by atoms with E-state index in [4.69, 9.17) is 14.3 Å². The van der Waals surface area contributed by atoms with Crippen molar-refractivity contribution in [3.05, 3.63) is 22.8 Å². The summed E-state index contributed by atoms with van der Waals surface area (Å²) in [5.41, 5.74) is 0. The zero-order chi connectivity index (χ0) is 28.8. The van der Waals surface area contributed by atoms with Gasteiger partial charge in [0.05, 0.1) is 6.10 Å². The number of ether oxygens (including phenoxy) is 1. The molecule has 7 heteroatoms. The lowest BCUT2D eigenvalue weighted by Crippen LogP contribution is -2.43. The molecule has 0 heterocycles. The van der Waals surface area contributed by atoms with Crippen LogP contribution in [-0.2, 0) is 18.8 Å². The van der Waals surface area contributed by atoms with Crippen LogP contribution in [0.2, 0.25) is 18.1 Å². The highest BCUT2D eigenvalue weighted by Crippen LogP contribution is 2.42. The standard InChI is InChI=1S/C31H56O5SSi/c1-9-11-16-24(3)23-26(36-38(7,8)31(4,5)6)20-18-25-19-21-27(35-29(34)15-10-2)30(25)37-22-14-12-13-17-28(32)33/h18,20,24-26H,9-17,19,21-23H2,1-8H3,(H,32,33)/b20-18+/t24-,25+,26-/m1/s1. The van der Waals surface area contributed by atoms with Crippen LogP contribution in [-0.4, -0.2) is 37.2 Å². The highest BCUT2D eigenvalue weighted by Gasteiger charge is 2.39. The van der Waals surface area contributed by atoms with Crippen LogP contribution < -0.4 is 0 Å². The van der Waals surface area contributed by atoms with Gasteiger partial charge in [-0.05, 0) is 61.9 Å². The average molecular weight is 569 g/mol. The molecule has 0 aromatic heterocycles. The number of hydrogen-bond donors (Lipinski definition) is 1. The molecule has 0 bridgehead atoms. The second-order valence-corrected chi connectivity index (χ2v) is 18.4. The van der Waals surface area contributed by atoms with Crippen molar-refractivity contribution in [2.45, 2.75) is 143 Å². The average Bonchev–Trinajstić information content (AvgIpc) is 3.18. The monoisotopic (exact) mass is 568 g/mol. The summed E-state index contributed by atoms with van der Waals surface area (Å²) in [6.07, 6.45) is 15.2. The van der Waals surface area contributed by atoms with Crippen LogP contribution in [0, 0.1) is 11.8 Å². The SMILES string of the molecule is CCCC[C@@H](C)C[C@@H](/C=C/[C@H]1CCC(OC(=O)CCC)=C1SCCCCCC(=O)O)O[Si](C)(C)C(C)(C)C. The Balaban J connectivity index is 3.04. The van der Waals surface area contributed by atoms with Gasteiger partial charge in [0.2, 0.25) is 0 Å². The number of esters is 1. The Morgan fingerprint density at radius 2 is 1.82 bits per heavy atom. The van der Waals surface area contributed by atoms with Crippen molar-refractivity contribution in [2.75, 3.05) is 5.75 Å². The molecule has 1 aliphatic rings. The lowest BCUT2D eigenvalue weighted by molar-refractivity contribution is -0.140. The van der Waals surface area contributed by atoms with Gasteiger partial charge in [-0.25, -0.2) is 0 Å². The zero-order valence-corrected chi connectivity index (χ0v) is 27.4. The molecule has 0 amide bonds. The molecule has 1 N–H and O–H groups in total. The molecule has 38 heavy (non-hydrogen) atoms. The molecule has 1 aliphatic carbocycles. The fourth-order valence-electron chi connectivity index (χ4n) is 4.40. The summed E-state index contributed by atoms with van der Waals surface area (Å²) in [5, 5.41) is 9.03. The Hall–Kier alpha value is -1.05. The Morgan fingerprint density at radius 3 is 2.42 bits per heavy atom. The minimum absolute atomic E-state index is 0.0942. The zero-order valence-electron chi connectivity index (χ0n) is 25.6. The van der Waals surface area contributed by atoms with E-state index < -0.39 is 14.3 Å². The molecule has 0 spiro atoms. The number of aliphatic carboxylic acids is 1. The number of carboxylic acids is 1. The van der Waals surface area contributed by atoms with E-state index in [1.165, 1.54) is 24.2 Å². The summed E-state index contributed by atoms with van der Waals surface area (Å²) in [5.74, 6) is 1.72. The maximum atomic E-state index is 12.3. The molecule has 5 nitrogen and oxygen atoms in total. The first-order valence-corrected chi connectivity index (χ1v) is 18.8. The number of thioether (sulfide) groups is 1. The van der Waals surface area contributed by atoms with E-state index in [1.54, 1.807) is 11.8 Å². The first-order valence-electron chi connectivity index (χ1n) is 14.9. The molecule has 0 radical (unpaired) electrons. The van der Waals surface area contributed by atoms with Gasteiger partial charge in [-0.3, -0.25) is 9.59 Å². The number of hydrogen-bond acceptors (Lipinski definition) is 5. The van der Waals surface area contributed by atoms with Crippen molar-refractivity contribution >= 4 is 32.0 Å². The van der Waals surface area contributed by atoms with Crippen LogP contribution in [0.1, 0.15) is 119 Å². The Kier molecular flexibility index (Phi) is 16.2. The molecule has 1 rings (SSSR count). The van der Waals surface area contributed by atoms with E-state index in [1.807, 2.05) is 6.92 Å². The number of allylic oxidation sites excluding steroid dienone is 3. The predicted octanol–water partition coefficient (Wildman–Crippen LogP) is 9.49. The van der Waals surface area contributed by atoms with Crippen LogP contribution in [0.25, 0.3) is 0 Å². The molecule has 0 unspecified atom stereocenters. The molecule has 0 aliphatic heterocycles. The normalized spacial score (nSPS) is 18.3. The van der Waals surface area contributed by atoms with Gasteiger partial charge in [0.25, 0.3) is 0 Å². The van der Waals surface area contributed by atoms with E-state index >= 15 is 0 Å². The van der Waals surface area contributed by atoms with Gasteiger partial charge in [-0.15, -0.1) is 11.8 Å². The lowest BCUT2D eigenvalue weighted by Gasteiger charge is -2.39. The molecular formula is C31H56O5SSi. The second-order valence-electron chi connectivity index (χ2n) is 12.5. The predicted molar refractivity (Wildman–Crippen MR) is 164 cm³/mol. The van der Waals surface area contributed by atoms with E-state index in [-0.39, 0.29) is 29.5 Å². The molecule has 0 aromatic rings. The van der Waals surface area contributed by atoms with Gasteiger partial charge in [0, 0.05) is 30.1 Å². The van der Waals surface area contributed by atoms with Crippen molar-refractivity contribution in [3.63, 3.8) is 0 Å². The van der Waals surface area contributed by atoms with Gasteiger partial charge in [-0.2, -0.15) is 0 Å². The molecule has 0 fully saturated rings. The third-order valence-corrected chi connectivity index (χ3v) is 13.6. The lowest BCUT2D eigenvalue weighted by atomic mass is 9.96. The van der Waals surface area contributed by atoms with E-state index in [2.05, 4.69) is 59.9 Å².